The fourth-order valence-electron chi connectivity index (χ4n) is 2.92. The minimum absolute atomic E-state index is 0.0430. The normalized spacial score (nSPS) is 12.5. The molecule has 3 aromatic rings. The molecule has 1 N–H and O–H groups in total. The Labute approximate surface area is 139 Å². The van der Waals surface area contributed by atoms with Crippen molar-refractivity contribution in [1.82, 2.24) is 14.1 Å². The number of aromatic nitrogens is 3. The van der Waals surface area contributed by atoms with Gasteiger partial charge in [0, 0.05) is 29.9 Å². The van der Waals surface area contributed by atoms with Gasteiger partial charge in [0.25, 0.3) is 5.56 Å². The highest BCUT2D eigenvalue weighted by Crippen LogP contribution is 2.28. The highest BCUT2D eigenvalue weighted by molar-refractivity contribution is 5.87. The maximum atomic E-state index is 11.9. The Kier molecular flexibility index (Phi) is 4.07. The van der Waals surface area contributed by atoms with Gasteiger partial charge in [-0.05, 0) is 38.1 Å². The highest BCUT2D eigenvalue weighted by Gasteiger charge is 2.18. The van der Waals surface area contributed by atoms with E-state index < -0.39 is 0 Å². The van der Waals surface area contributed by atoms with Crippen molar-refractivity contribution in [2.75, 3.05) is 6.61 Å². The van der Waals surface area contributed by atoms with Gasteiger partial charge in [-0.2, -0.15) is 0 Å². The second-order valence-corrected chi connectivity index (χ2v) is 6.03. The van der Waals surface area contributed by atoms with Gasteiger partial charge >= 0.3 is 0 Å². The summed E-state index contributed by atoms with van der Waals surface area (Å²) in [4.78, 5) is 27.6. The third-order valence-corrected chi connectivity index (χ3v) is 4.18. The zero-order valence-corrected chi connectivity index (χ0v) is 13.9. The van der Waals surface area contributed by atoms with Crippen LogP contribution in [0.4, 0.5) is 0 Å². The first kappa shape index (κ1) is 16.1. The second kappa shape index (κ2) is 6.05. The van der Waals surface area contributed by atoms with Crippen LogP contribution in [0.5, 0.6) is 0 Å². The largest absolute Gasteiger partial charge is 0.394 e. The number of aliphatic hydroxyl groups is 1. The Bertz CT molecular complexity index is 959. The van der Waals surface area contributed by atoms with E-state index in [4.69, 9.17) is 0 Å². The van der Waals surface area contributed by atoms with E-state index in [1.165, 1.54) is 4.57 Å². The molecule has 0 unspecified atom stereocenters. The van der Waals surface area contributed by atoms with Gasteiger partial charge in [0.1, 0.15) is 12.1 Å². The number of nitrogens with zero attached hydrogens (tertiary/aromatic N) is 3. The summed E-state index contributed by atoms with van der Waals surface area (Å²) in [6.07, 6.45) is 2.52. The standard InChI is InChI=1S/C18H19N3O3/c1-11-6-14(8-20(3)18(11)24)17-19-15-7-13(10-23)4-5-16(15)21(17)12(2)9-22/h4-8,10,12,22H,9H2,1-3H3/t12-/m0/s1. The smallest absolute Gasteiger partial charge is 0.253 e. The van der Waals surface area contributed by atoms with E-state index in [9.17, 15) is 14.7 Å². The molecule has 0 amide bonds. The Morgan fingerprint density at radius 2 is 2.08 bits per heavy atom. The molecule has 0 aliphatic heterocycles. The van der Waals surface area contributed by atoms with Crippen LogP contribution < -0.4 is 5.56 Å². The number of aldehydes is 1. The molecule has 0 saturated heterocycles. The number of imidazole rings is 1. The first-order chi connectivity index (χ1) is 11.5. The maximum absolute atomic E-state index is 11.9. The predicted octanol–water partition coefficient (Wildman–Crippen LogP) is 2.08. The molecule has 1 aromatic carbocycles. The van der Waals surface area contributed by atoms with E-state index in [0.717, 1.165) is 17.4 Å². The number of fused-ring (bicyclic) bond motifs is 1. The van der Waals surface area contributed by atoms with Gasteiger partial charge in [-0.3, -0.25) is 9.59 Å². The van der Waals surface area contributed by atoms with Gasteiger partial charge < -0.3 is 14.2 Å². The Balaban J connectivity index is 2.34. The molecule has 3 rings (SSSR count). The van der Waals surface area contributed by atoms with Gasteiger partial charge in [0.2, 0.25) is 0 Å². The molecule has 2 heterocycles. The van der Waals surface area contributed by atoms with E-state index in [2.05, 4.69) is 4.98 Å². The maximum Gasteiger partial charge on any atom is 0.253 e. The first-order valence-corrected chi connectivity index (χ1v) is 7.72. The molecule has 124 valence electrons. The van der Waals surface area contributed by atoms with Gasteiger partial charge in [0.15, 0.2) is 0 Å². The molecule has 0 bridgehead atoms. The number of aliphatic hydroxyl groups excluding tert-OH is 1. The van der Waals surface area contributed by atoms with Crippen LogP contribution in [0.15, 0.2) is 35.3 Å². The molecular weight excluding hydrogens is 306 g/mol. The van der Waals surface area contributed by atoms with Gasteiger partial charge in [0.05, 0.1) is 23.7 Å². The Morgan fingerprint density at radius 3 is 2.71 bits per heavy atom. The molecular formula is C18H19N3O3. The monoisotopic (exact) mass is 325 g/mol. The summed E-state index contributed by atoms with van der Waals surface area (Å²) in [5, 5.41) is 9.63. The van der Waals surface area contributed by atoms with Crippen LogP contribution in [0, 0.1) is 6.92 Å². The second-order valence-electron chi connectivity index (χ2n) is 6.03. The Morgan fingerprint density at radius 1 is 1.33 bits per heavy atom. The molecule has 0 aliphatic carbocycles. The van der Waals surface area contributed by atoms with Crippen LogP contribution in [0.2, 0.25) is 0 Å². The van der Waals surface area contributed by atoms with Crippen molar-refractivity contribution in [2.24, 2.45) is 7.05 Å². The third kappa shape index (κ3) is 2.55. The number of carbonyl (C=O) groups is 1. The lowest BCUT2D eigenvalue weighted by atomic mass is 10.2. The zero-order chi connectivity index (χ0) is 17.4. The zero-order valence-electron chi connectivity index (χ0n) is 13.9. The first-order valence-electron chi connectivity index (χ1n) is 7.72. The third-order valence-electron chi connectivity index (χ3n) is 4.18. The molecule has 0 spiro atoms. The predicted molar refractivity (Wildman–Crippen MR) is 92.3 cm³/mol. The van der Waals surface area contributed by atoms with Gasteiger partial charge in [-0.15, -0.1) is 0 Å². The summed E-state index contributed by atoms with van der Waals surface area (Å²) in [6.45, 7) is 3.62. The topological polar surface area (TPSA) is 77.1 Å². The van der Waals surface area contributed by atoms with E-state index in [0.29, 0.717) is 22.5 Å². The van der Waals surface area contributed by atoms with Gasteiger partial charge in [-0.25, -0.2) is 4.98 Å². The van der Waals surface area contributed by atoms with Crippen molar-refractivity contribution in [1.29, 1.82) is 0 Å². The van der Waals surface area contributed by atoms with E-state index in [1.807, 2.05) is 17.6 Å². The molecule has 0 saturated carbocycles. The fraction of sp³-hybridized carbons (Fsp3) is 0.278. The summed E-state index contributed by atoms with van der Waals surface area (Å²) in [6, 6.07) is 6.89. The van der Waals surface area contributed by atoms with Crippen molar-refractivity contribution in [3.8, 4) is 11.4 Å². The van der Waals surface area contributed by atoms with Gasteiger partial charge in [-0.1, -0.05) is 0 Å². The van der Waals surface area contributed by atoms with Crippen molar-refractivity contribution >= 4 is 17.3 Å². The SMILES string of the molecule is Cc1cc(-c2nc3cc(C=O)ccc3n2[C@@H](C)CO)cn(C)c1=O. The van der Waals surface area contributed by atoms with E-state index in [1.54, 1.807) is 38.4 Å². The van der Waals surface area contributed by atoms with E-state index in [-0.39, 0.29) is 18.2 Å². The van der Waals surface area contributed by atoms with Crippen molar-refractivity contribution in [2.45, 2.75) is 19.9 Å². The molecule has 1 atom stereocenters. The number of benzene rings is 1. The van der Waals surface area contributed by atoms with Crippen LogP contribution in [-0.2, 0) is 7.05 Å². The lowest BCUT2D eigenvalue weighted by Gasteiger charge is -2.16. The number of hydrogen-bond acceptors (Lipinski definition) is 4. The summed E-state index contributed by atoms with van der Waals surface area (Å²) in [5.41, 5.74) is 3.43. The number of carbonyl (C=O) groups excluding carboxylic acids is 1. The van der Waals surface area contributed by atoms with Crippen LogP contribution in [0.25, 0.3) is 22.4 Å². The molecule has 0 radical (unpaired) electrons. The number of rotatable bonds is 4. The lowest BCUT2D eigenvalue weighted by Crippen LogP contribution is -2.19. The summed E-state index contributed by atoms with van der Waals surface area (Å²) >= 11 is 0. The summed E-state index contributed by atoms with van der Waals surface area (Å²) in [5.74, 6) is 0.660. The Hall–Kier alpha value is -2.73. The minimum Gasteiger partial charge on any atom is -0.394 e. The summed E-state index contributed by atoms with van der Waals surface area (Å²) < 4.78 is 3.46. The quantitative estimate of drug-likeness (QED) is 0.745. The van der Waals surface area contributed by atoms with Crippen LogP contribution in [-0.4, -0.2) is 32.1 Å². The van der Waals surface area contributed by atoms with Crippen molar-refractivity contribution < 1.29 is 9.90 Å². The number of hydrogen-bond donors (Lipinski definition) is 1. The molecule has 6 heteroatoms. The van der Waals surface area contributed by atoms with Crippen molar-refractivity contribution in [3.05, 3.63) is 51.9 Å². The van der Waals surface area contributed by atoms with Crippen LogP contribution in [0.1, 0.15) is 28.9 Å². The van der Waals surface area contributed by atoms with Crippen LogP contribution in [0.3, 0.4) is 0 Å². The number of aryl methyl sites for hydroxylation is 2. The van der Waals surface area contributed by atoms with Crippen LogP contribution >= 0.6 is 0 Å². The molecule has 6 nitrogen and oxygen atoms in total. The fourth-order valence-corrected chi connectivity index (χ4v) is 2.92. The minimum atomic E-state index is -0.190. The number of pyridine rings is 1. The average Bonchev–Trinajstić information content (AvgIpc) is 2.96. The molecule has 0 aliphatic rings. The highest BCUT2D eigenvalue weighted by atomic mass is 16.3. The van der Waals surface area contributed by atoms with E-state index >= 15 is 0 Å². The molecule has 0 fully saturated rings. The molecule has 24 heavy (non-hydrogen) atoms. The lowest BCUT2D eigenvalue weighted by molar-refractivity contribution is 0.112. The molecule has 2 aromatic heterocycles. The summed E-state index contributed by atoms with van der Waals surface area (Å²) in [7, 11) is 1.70. The van der Waals surface area contributed by atoms with Crippen molar-refractivity contribution in [3.63, 3.8) is 0 Å². The average molecular weight is 325 g/mol.